The Morgan fingerprint density at radius 3 is 2.50 bits per heavy atom. The highest BCUT2D eigenvalue weighted by atomic mass is 32.1. The van der Waals surface area contributed by atoms with Gasteiger partial charge in [-0.05, 0) is 12.1 Å². The summed E-state index contributed by atoms with van der Waals surface area (Å²) >= 11 is 1.49. The van der Waals surface area contributed by atoms with Crippen molar-refractivity contribution in [2.45, 2.75) is 0 Å². The average Bonchev–Trinajstić information content (AvgIpc) is 3.23. The number of hydrogen-bond donors (Lipinski definition) is 0. The lowest BCUT2D eigenvalue weighted by molar-refractivity contribution is 0.0601. The third kappa shape index (κ3) is 2.37. The molecule has 24 heavy (non-hydrogen) atoms. The maximum Gasteiger partial charge on any atom is 0.337 e. The smallest absolute Gasteiger partial charge is 0.337 e. The Hall–Kier alpha value is -2.99. The molecule has 0 unspecified atom stereocenters. The Labute approximate surface area is 142 Å². The lowest BCUT2D eigenvalue weighted by Crippen LogP contribution is -2.00. The van der Waals surface area contributed by atoms with Gasteiger partial charge in [-0.1, -0.05) is 53.8 Å². The molecular weight excluding hydrogens is 322 g/mol. The fourth-order valence-electron chi connectivity index (χ4n) is 2.63. The first-order valence-corrected chi connectivity index (χ1v) is 8.22. The summed E-state index contributed by atoms with van der Waals surface area (Å²) in [5, 5.41) is 4.40. The standard InChI is InChI=1S/C18H13N3O2S/c1-23-17(22)14-9-7-13(8-10-14)16-15(12-5-3-2-4-6-12)20-18-21(16)19-11-24-18/h2-11H,1H3. The van der Waals surface area contributed by atoms with Crippen molar-refractivity contribution >= 4 is 22.3 Å². The van der Waals surface area contributed by atoms with E-state index in [4.69, 9.17) is 9.72 Å². The van der Waals surface area contributed by atoms with Crippen LogP contribution in [0.5, 0.6) is 0 Å². The molecule has 0 atom stereocenters. The fraction of sp³-hybridized carbons (Fsp3) is 0.0556. The van der Waals surface area contributed by atoms with E-state index < -0.39 is 0 Å². The van der Waals surface area contributed by atoms with Crippen molar-refractivity contribution < 1.29 is 9.53 Å². The molecule has 5 nitrogen and oxygen atoms in total. The topological polar surface area (TPSA) is 56.5 Å². The number of carbonyl (C=O) groups excluding carboxylic acids is 1. The second-order valence-corrected chi connectivity index (χ2v) is 5.99. The summed E-state index contributed by atoms with van der Waals surface area (Å²) in [5.74, 6) is -0.350. The zero-order valence-electron chi connectivity index (χ0n) is 12.8. The molecule has 0 saturated heterocycles. The third-order valence-corrected chi connectivity index (χ3v) is 4.45. The van der Waals surface area contributed by atoms with E-state index in [1.54, 1.807) is 17.6 Å². The second kappa shape index (κ2) is 5.90. The van der Waals surface area contributed by atoms with Gasteiger partial charge < -0.3 is 4.74 Å². The zero-order chi connectivity index (χ0) is 16.5. The van der Waals surface area contributed by atoms with Crippen LogP contribution in [0.1, 0.15) is 10.4 Å². The molecule has 0 aliphatic carbocycles. The summed E-state index contributed by atoms with van der Waals surface area (Å²) in [4.78, 5) is 17.2. The van der Waals surface area contributed by atoms with Crippen LogP contribution in [0.4, 0.5) is 0 Å². The Morgan fingerprint density at radius 1 is 1.04 bits per heavy atom. The molecule has 0 bridgehead atoms. The van der Waals surface area contributed by atoms with E-state index in [1.807, 2.05) is 47.0 Å². The summed E-state index contributed by atoms with van der Waals surface area (Å²) in [6, 6.07) is 17.3. The minimum Gasteiger partial charge on any atom is -0.465 e. The highest BCUT2D eigenvalue weighted by Crippen LogP contribution is 2.33. The largest absolute Gasteiger partial charge is 0.465 e. The van der Waals surface area contributed by atoms with Crippen LogP contribution >= 0.6 is 11.3 Å². The van der Waals surface area contributed by atoms with Crippen LogP contribution in [0.2, 0.25) is 0 Å². The Balaban J connectivity index is 1.89. The van der Waals surface area contributed by atoms with E-state index in [2.05, 4.69) is 5.10 Å². The Kier molecular flexibility index (Phi) is 3.59. The number of methoxy groups -OCH3 is 1. The first kappa shape index (κ1) is 14.6. The van der Waals surface area contributed by atoms with Crippen LogP contribution in [-0.2, 0) is 4.74 Å². The number of hydrogen-bond acceptors (Lipinski definition) is 5. The SMILES string of the molecule is COC(=O)c1ccc(-c2c(-c3ccccc3)nc3scnn23)cc1. The monoisotopic (exact) mass is 335 g/mol. The number of fused-ring (bicyclic) bond motifs is 1. The molecule has 0 amide bonds. The minimum absolute atomic E-state index is 0.350. The summed E-state index contributed by atoms with van der Waals surface area (Å²) in [6.07, 6.45) is 0. The molecule has 0 aliphatic heterocycles. The predicted octanol–water partition coefficient (Wildman–Crippen LogP) is 3.91. The van der Waals surface area contributed by atoms with Gasteiger partial charge >= 0.3 is 5.97 Å². The van der Waals surface area contributed by atoms with Gasteiger partial charge in [0.05, 0.1) is 12.7 Å². The van der Waals surface area contributed by atoms with Crippen molar-refractivity contribution in [3.05, 3.63) is 65.7 Å². The van der Waals surface area contributed by atoms with Gasteiger partial charge in [0, 0.05) is 11.1 Å². The van der Waals surface area contributed by atoms with Crippen molar-refractivity contribution in [2.75, 3.05) is 7.11 Å². The van der Waals surface area contributed by atoms with Gasteiger partial charge in [-0.2, -0.15) is 5.10 Å². The zero-order valence-corrected chi connectivity index (χ0v) is 13.7. The first-order valence-electron chi connectivity index (χ1n) is 7.34. The van der Waals surface area contributed by atoms with Crippen molar-refractivity contribution in [2.24, 2.45) is 0 Å². The Morgan fingerprint density at radius 2 is 1.79 bits per heavy atom. The number of imidazole rings is 1. The summed E-state index contributed by atoms with van der Waals surface area (Å²) in [6.45, 7) is 0. The van der Waals surface area contributed by atoms with Crippen LogP contribution in [-0.4, -0.2) is 27.7 Å². The molecule has 0 aliphatic rings. The number of nitrogens with zero attached hydrogens (tertiary/aromatic N) is 3. The van der Waals surface area contributed by atoms with E-state index in [0.717, 1.165) is 27.5 Å². The fourth-order valence-corrected chi connectivity index (χ4v) is 3.25. The van der Waals surface area contributed by atoms with Crippen molar-refractivity contribution in [1.82, 2.24) is 14.6 Å². The van der Waals surface area contributed by atoms with Crippen molar-refractivity contribution in [1.29, 1.82) is 0 Å². The average molecular weight is 335 g/mol. The van der Waals surface area contributed by atoms with Gasteiger partial charge in [0.25, 0.3) is 0 Å². The van der Waals surface area contributed by atoms with E-state index in [1.165, 1.54) is 18.4 Å². The van der Waals surface area contributed by atoms with Crippen molar-refractivity contribution in [3.63, 3.8) is 0 Å². The highest BCUT2D eigenvalue weighted by Gasteiger charge is 2.18. The molecule has 2 aromatic heterocycles. The molecule has 2 heterocycles. The number of benzene rings is 2. The molecule has 4 rings (SSSR count). The maximum atomic E-state index is 11.6. The molecule has 4 aromatic rings. The van der Waals surface area contributed by atoms with Crippen molar-refractivity contribution in [3.8, 4) is 22.5 Å². The summed E-state index contributed by atoms with van der Waals surface area (Å²) in [5.41, 5.74) is 6.04. The number of ether oxygens (including phenoxy) is 1. The lowest BCUT2D eigenvalue weighted by atomic mass is 10.0. The van der Waals surface area contributed by atoms with Crippen LogP contribution in [0, 0.1) is 0 Å². The number of esters is 1. The number of rotatable bonds is 3. The molecule has 0 N–H and O–H groups in total. The minimum atomic E-state index is -0.350. The quantitative estimate of drug-likeness (QED) is 0.533. The summed E-state index contributed by atoms with van der Waals surface area (Å²) in [7, 11) is 1.37. The van der Waals surface area contributed by atoms with Gasteiger partial charge in [-0.25, -0.2) is 14.3 Å². The lowest BCUT2D eigenvalue weighted by Gasteiger charge is -2.05. The van der Waals surface area contributed by atoms with E-state index in [-0.39, 0.29) is 5.97 Å². The molecular formula is C18H13N3O2S. The highest BCUT2D eigenvalue weighted by molar-refractivity contribution is 7.14. The molecule has 0 radical (unpaired) electrons. The molecule has 118 valence electrons. The summed E-state index contributed by atoms with van der Waals surface area (Å²) < 4.78 is 6.58. The van der Waals surface area contributed by atoms with Gasteiger partial charge in [0.15, 0.2) is 0 Å². The molecule has 0 saturated carbocycles. The van der Waals surface area contributed by atoms with Crippen LogP contribution in [0.15, 0.2) is 60.1 Å². The van der Waals surface area contributed by atoms with Crippen LogP contribution in [0.25, 0.3) is 27.5 Å². The predicted molar refractivity (Wildman–Crippen MR) is 93.1 cm³/mol. The van der Waals surface area contributed by atoms with E-state index in [9.17, 15) is 4.79 Å². The van der Waals surface area contributed by atoms with Gasteiger partial charge in [-0.15, -0.1) is 0 Å². The number of carbonyl (C=O) groups is 1. The Bertz CT molecular complexity index is 1000. The normalized spacial score (nSPS) is 10.9. The van der Waals surface area contributed by atoms with E-state index >= 15 is 0 Å². The molecule has 0 fully saturated rings. The van der Waals surface area contributed by atoms with Gasteiger partial charge in [0.1, 0.15) is 16.9 Å². The second-order valence-electron chi connectivity index (χ2n) is 5.18. The first-order chi connectivity index (χ1) is 11.8. The molecule has 2 aromatic carbocycles. The molecule has 0 spiro atoms. The van der Waals surface area contributed by atoms with Gasteiger partial charge in [-0.3, -0.25) is 0 Å². The number of aromatic nitrogens is 3. The third-order valence-electron chi connectivity index (χ3n) is 3.77. The van der Waals surface area contributed by atoms with Gasteiger partial charge in [0.2, 0.25) is 4.96 Å². The maximum absolute atomic E-state index is 11.6. The molecule has 6 heteroatoms. The van der Waals surface area contributed by atoms with E-state index in [0.29, 0.717) is 5.56 Å². The van der Waals surface area contributed by atoms with Crippen LogP contribution in [0.3, 0.4) is 0 Å². The van der Waals surface area contributed by atoms with Crippen LogP contribution < -0.4 is 0 Å².